The molecule has 0 saturated heterocycles. The first kappa shape index (κ1) is 21.7. The van der Waals surface area contributed by atoms with Crippen molar-refractivity contribution in [3.8, 4) is 11.4 Å². The Morgan fingerprint density at radius 3 is 2.53 bits per heavy atom. The second-order valence-corrected chi connectivity index (χ2v) is 8.46. The molecule has 2 heterocycles. The molecular formula is C26H28N4O2. The van der Waals surface area contributed by atoms with Gasteiger partial charge in [0.05, 0.1) is 13.0 Å². The molecule has 4 rings (SSSR count). The topological polar surface area (TPSA) is 66.4 Å². The third-order valence-corrected chi connectivity index (χ3v) is 5.93. The average molecular weight is 429 g/mol. The maximum atomic E-state index is 12.8. The summed E-state index contributed by atoms with van der Waals surface area (Å²) in [6.45, 7) is 7.30. The van der Waals surface area contributed by atoms with E-state index in [1.54, 1.807) is 23.0 Å². The highest BCUT2D eigenvalue weighted by Crippen LogP contribution is 2.32. The molecule has 6 heteroatoms. The fourth-order valence-corrected chi connectivity index (χ4v) is 3.93. The van der Waals surface area contributed by atoms with Crippen LogP contribution in [0.4, 0.5) is 5.82 Å². The summed E-state index contributed by atoms with van der Waals surface area (Å²) in [6.07, 6.45) is 2.08. The Hall–Kier alpha value is -3.54. The number of hydrogen-bond donors (Lipinski definition) is 0. The summed E-state index contributed by atoms with van der Waals surface area (Å²) in [5.41, 5.74) is 4.61. The first-order valence-corrected chi connectivity index (χ1v) is 11.0. The van der Waals surface area contributed by atoms with Gasteiger partial charge in [-0.15, -0.1) is 0 Å². The Balaban J connectivity index is 1.62. The average Bonchev–Trinajstić information content (AvgIpc) is 3.12. The number of fused-ring (bicyclic) bond motifs is 1. The van der Waals surface area contributed by atoms with E-state index in [9.17, 15) is 9.59 Å². The third kappa shape index (κ3) is 4.13. The van der Waals surface area contributed by atoms with Crippen molar-refractivity contribution in [3.63, 3.8) is 0 Å². The van der Waals surface area contributed by atoms with Gasteiger partial charge in [-0.25, -0.2) is 9.97 Å². The van der Waals surface area contributed by atoms with Crippen LogP contribution in [0.1, 0.15) is 53.7 Å². The number of rotatable bonds is 6. The maximum Gasteiger partial charge on any atom is 0.253 e. The van der Waals surface area contributed by atoms with E-state index >= 15 is 0 Å². The van der Waals surface area contributed by atoms with Gasteiger partial charge in [0.15, 0.2) is 5.82 Å². The minimum atomic E-state index is -0.0113. The van der Waals surface area contributed by atoms with Crippen molar-refractivity contribution in [3.05, 3.63) is 77.0 Å². The molecule has 0 saturated carbocycles. The van der Waals surface area contributed by atoms with Crippen LogP contribution < -0.4 is 4.90 Å². The number of aromatic nitrogens is 2. The van der Waals surface area contributed by atoms with Crippen molar-refractivity contribution < 1.29 is 9.59 Å². The lowest BCUT2D eigenvalue weighted by Crippen LogP contribution is -2.27. The van der Waals surface area contributed by atoms with Crippen LogP contribution >= 0.6 is 0 Å². The van der Waals surface area contributed by atoms with E-state index in [1.807, 2.05) is 49.4 Å². The van der Waals surface area contributed by atoms with Gasteiger partial charge in [-0.3, -0.25) is 14.5 Å². The van der Waals surface area contributed by atoms with Crippen LogP contribution in [0.25, 0.3) is 11.4 Å². The normalized spacial score (nSPS) is 12.9. The van der Waals surface area contributed by atoms with Gasteiger partial charge in [0.25, 0.3) is 5.91 Å². The molecule has 164 valence electrons. The van der Waals surface area contributed by atoms with E-state index in [0.717, 1.165) is 16.7 Å². The highest BCUT2D eigenvalue weighted by molar-refractivity contribution is 6.00. The Morgan fingerprint density at radius 1 is 1.12 bits per heavy atom. The molecule has 0 aliphatic carbocycles. The van der Waals surface area contributed by atoms with Crippen molar-refractivity contribution in [2.24, 2.45) is 0 Å². The molecule has 0 radical (unpaired) electrons. The zero-order valence-electron chi connectivity index (χ0n) is 19.0. The lowest BCUT2D eigenvalue weighted by Gasteiger charge is -2.18. The molecule has 0 fully saturated rings. The fourth-order valence-electron chi connectivity index (χ4n) is 3.93. The van der Waals surface area contributed by atoms with Crippen molar-refractivity contribution in [1.82, 2.24) is 14.9 Å². The number of anilines is 1. The summed E-state index contributed by atoms with van der Waals surface area (Å²) in [7, 11) is 1.78. The van der Waals surface area contributed by atoms with Crippen molar-refractivity contribution in [2.75, 3.05) is 18.5 Å². The SMILES string of the molecule is CCN(C)C(=O)c1ccc(CN2C(=O)Cc3cnc(-c4ccccc4C(C)C)nc32)cc1. The third-order valence-electron chi connectivity index (χ3n) is 5.93. The number of carbonyl (C=O) groups excluding carboxylic acids is 2. The lowest BCUT2D eigenvalue weighted by molar-refractivity contribution is -0.117. The number of nitrogens with zero attached hydrogens (tertiary/aromatic N) is 4. The van der Waals surface area contributed by atoms with Crippen LogP contribution in [0.15, 0.2) is 54.7 Å². The summed E-state index contributed by atoms with van der Waals surface area (Å²) < 4.78 is 0. The molecule has 6 nitrogen and oxygen atoms in total. The highest BCUT2D eigenvalue weighted by Gasteiger charge is 2.30. The smallest absolute Gasteiger partial charge is 0.253 e. The maximum absolute atomic E-state index is 12.8. The number of carbonyl (C=O) groups is 2. The molecule has 0 N–H and O–H groups in total. The van der Waals surface area contributed by atoms with E-state index in [2.05, 4.69) is 24.9 Å². The van der Waals surface area contributed by atoms with E-state index in [-0.39, 0.29) is 11.8 Å². The second-order valence-electron chi connectivity index (χ2n) is 8.46. The van der Waals surface area contributed by atoms with Gasteiger partial charge in [0.1, 0.15) is 5.82 Å². The minimum Gasteiger partial charge on any atom is -0.342 e. The summed E-state index contributed by atoms with van der Waals surface area (Å²) in [5, 5.41) is 0. The molecule has 1 aliphatic heterocycles. The molecule has 32 heavy (non-hydrogen) atoms. The quantitative estimate of drug-likeness (QED) is 0.582. The van der Waals surface area contributed by atoms with Gasteiger partial charge in [-0.2, -0.15) is 0 Å². The first-order chi connectivity index (χ1) is 15.4. The molecule has 0 bridgehead atoms. The Labute approximate surface area is 188 Å². The lowest BCUT2D eigenvalue weighted by atomic mass is 9.97. The molecule has 0 atom stereocenters. The predicted molar refractivity (Wildman–Crippen MR) is 126 cm³/mol. The fraction of sp³-hybridized carbons (Fsp3) is 0.308. The molecule has 0 spiro atoms. The largest absolute Gasteiger partial charge is 0.342 e. The van der Waals surface area contributed by atoms with Crippen LogP contribution in [0.3, 0.4) is 0 Å². The zero-order valence-corrected chi connectivity index (χ0v) is 19.0. The molecular weight excluding hydrogens is 400 g/mol. The monoisotopic (exact) mass is 428 g/mol. The van der Waals surface area contributed by atoms with E-state index in [4.69, 9.17) is 4.98 Å². The minimum absolute atomic E-state index is 0.00876. The van der Waals surface area contributed by atoms with Crippen LogP contribution in [-0.4, -0.2) is 40.3 Å². The first-order valence-electron chi connectivity index (χ1n) is 11.0. The molecule has 2 aromatic carbocycles. The van der Waals surface area contributed by atoms with Gasteiger partial charge in [-0.1, -0.05) is 50.2 Å². The second kappa shape index (κ2) is 8.91. The van der Waals surface area contributed by atoms with Crippen LogP contribution in [-0.2, 0) is 17.8 Å². The number of benzene rings is 2. The van der Waals surface area contributed by atoms with Crippen molar-refractivity contribution >= 4 is 17.6 Å². The van der Waals surface area contributed by atoms with Gasteiger partial charge in [-0.05, 0) is 36.1 Å². The molecule has 0 unspecified atom stereocenters. The van der Waals surface area contributed by atoms with E-state index in [1.165, 1.54) is 5.56 Å². The van der Waals surface area contributed by atoms with E-state index in [0.29, 0.717) is 42.6 Å². The van der Waals surface area contributed by atoms with E-state index < -0.39 is 0 Å². The predicted octanol–water partition coefficient (Wildman–Crippen LogP) is 4.45. The van der Waals surface area contributed by atoms with Crippen molar-refractivity contribution in [1.29, 1.82) is 0 Å². The Kier molecular flexibility index (Phi) is 6.04. The molecule has 1 aromatic heterocycles. The van der Waals surface area contributed by atoms with Gasteiger partial charge in [0.2, 0.25) is 5.91 Å². The number of hydrogen-bond acceptors (Lipinski definition) is 4. The van der Waals surface area contributed by atoms with Gasteiger partial charge < -0.3 is 4.90 Å². The summed E-state index contributed by atoms with van der Waals surface area (Å²) >= 11 is 0. The summed E-state index contributed by atoms with van der Waals surface area (Å²) in [6, 6.07) is 15.6. The zero-order chi connectivity index (χ0) is 22.8. The van der Waals surface area contributed by atoms with Gasteiger partial charge >= 0.3 is 0 Å². The molecule has 3 aromatic rings. The molecule has 1 aliphatic rings. The standard InChI is InChI=1S/C26H28N4O2/c1-5-29(4)26(32)19-12-10-18(11-13-19)16-30-23(31)14-20-15-27-24(28-25(20)30)22-9-7-6-8-21(22)17(2)3/h6-13,15,17H,5,14,16H2,1-4H3. The summed E-state index contributed by atoms with van der Waals surface area (Å²) in [4.78, 5) is 37.9. The summed E-state index contributed by atoms with van der Waals surface area (Å²) in [5.74, 6) is 1.65. The Bertz CT molecular complexity index is 1150. The Morgan fingerprint density at radius 2 is 1.84 bits per heavy atom. The van der Waals surface area contributed by atoms with Crippen molar-refractivity contribution in [2.45, 2.75) is 39.7 Å². The molecule has 2 amide bonds. The number of amides is 2. The van der Waals surface area contributed by atoms with Gasteiger partial charge in [0, 0.05) is 36.5 Å². The highest BCUT2D eigenvalue weighted by atomic mass is 16.2. The van der Waals surface area contributed by atoms with Crippen LogP contribution in [0, 0.1) is 0 Å². The van der Waals surface area contributed by atoms with Crippen LogP contribution in [0.2, 0.25) is 0 Å². The van der Waals surface area contributed by atoms with Crippen LogP contribution in [0.5, 0.6) is 0 Å².